The molecule has 9 nitrogen and oxygen atoms in total. The highest BCUT2D eigenvalue weighted by Crippen LogP contribution is 2.33. The van der Waals surface area contributed by atoms with Gasteiger partial charge in [0.2, 0.25) is 5.91 Å². The third-order valence-corrected chi connectivity index (χ3v) is 5.84. The van der Waals surface area contributed by atoms with E-state index in [1.54, 1.807) is 24.4 Å². The number of hydrogen-bond donors (Lipinski definition) is 3. The lowest BCUT2D eigenvalue weighted by atomic mass is 10.1. The molecule has 1 amide bonds. The molecule has 0 aliphatic carbocycles. The van der Waals surface area contributed by atoms with Gasteiger partial charge in [0, 0.05) is 38.8 Å². The number of carbonyl (C=O) groups is 1. The Balaban J connectivity index is 1.69. The van der Waals surface area contributed by atoms with Crippen molar-refractivity contribution in [2.24, 2.45) is 4.99 Å². The van der Waals surface area contributed by atoms with E-state index in [-0.39, 0.29) is 11.8 Å². The first-order valence-electron chi connectivity index (χ1n) is 11.0. The molecule has 2 aromatic heterocycles. The summed E-state index contributed by atoms with van der Waals surface area (Å²) in [4.78, 5) is 30.1. The number of H-pyrrole nitrogens is 1. The predicted octanol–water partition coefficient (Wildman–Crippen LogP) is 3.96. The summed E-state index contributed by atoms with van der Waals surface area (Å²) in [5.41, 5.74) is 1.62. The summed E-state index contributed by atoms with van der Waals surface area (Å²) in [7, 11) is 1.88. The Morgan fingerprint density at radius 3 is 2.91 bits per heavy atom. The molecule has 33 heavy (non-hydrogen) atoms. The van der Waals surface area contributed by atoms with Crippen molar-refractivity contribution < 1.29 is 14.6 Å². The van der Waals surface area contributed by atoms with Crippen LogP contribution in [0.25, 0.3) is 11.0 Å². The van der Waals surface area contributed by atoms with E-state index in [1.807, 2.05) is 11.9 Å². The van der Waals surface area contributed by atoms with Gasteiger partial charge in [-0.15, -0.1) is 0 Å². The lowest BCUT2D eigenvalue weighted by Crippen LogP contribution is -2.33. The highest BCUT2D eigenvalue weighted by molar-refractivity contribution is 6.32. The predicted molar refractivity (Wildman–Crippen MR) is 129 cm³/mol. The monoisotopic (exact) mass is 470 g/mol. The number of aromatic nitrogens is 3. The van der Waals surface area contributed by atoms with Crippen molar-refractivity contribution in [2.75, 3.05) is 31.6 Å². The van der Waals surface area contributed by atoms with Crippen LogP contribution in [0.15, 0.2) is 29.5 Å². The van der Waals surface area contributed by atoms with Crippen molar-refractivity contribution in [3.63, 3.8) is 0 Å². The largest absolute Gasteiger partial charge is 0.494 e. The smallest absolute Gasteiger partial charge is 0.220 e. The quantitative estimate of drug-likeness (QED) is 0.458. The van der Waals surface area contributed by atoms with Gasteiger partial charge in [-0.2, -0.15) is 0 Å². The number of nitrogens with zero attached hydrogens (tertiary/aromatic N) is 4. The normalized spacial score (nSPS) is 16.3. The summed E-state index contributed by atoms with van der Waals surface area (Å²) in [5.74, 6) is 1.18. The second kappa shape index (κ2) is 10.5. The van der Waals surface area contributed by atoms with Crippen LogP contribution in [0.5, 0.6) is 11.6 Å². The number of amides is 1. The maximum Gasteiger partial charge on any atom is 0.220 e. The van der Waals surface area contributed by atoms with Gasteiger partial charge in [0.05, 0.1) is 28.3 Å². The van der Waals surface area contributed by atoms with Crippen LogP contribution in [0.1, 0.15) is 37.7 Å². The minimum absolute atomic E-state index is 0.0394. The number of anilines is 1. The van der Waals surface area contributed by atoms with Gasteiger partial charge in [0.25, 0.3) is 0 Å². The standard InChI is InChI=1S/C23H27ClN6O3/c1-30-10-9-25-19(31)6-4-2-3-5-11-33-18-12-15(7-8-17(18)24)26-13-16-20-21(29-23(16)32)27-14-28-22(20)30/h7-8,12-14,32H,2-6,9-11H2,1H3,(H,25,31)(H,27,28,29). The summed E-state index contributed by atoms with van der Waals surface area (Å²) >= 11 is 6.29. The molecule has 1 aromatic carbocycles. The number of halogens is 1. The van der Waals surface area contributed by atoms with Gasteiger partial charge in [-0.25, -0.2) is 9.97 Å². The first kappa shape index (κ1) is 22.8. The van der Waals surface area contributed by atoms with E-state index < -0.39 is 0 Å². The molecule has 0 saturated carbocycles. The number of rotatable bonds is 0. The second-order valence-electron chi connectivity index (χ2n) is 7.97. The first-order chi connectivity index (χ1) is 16.0. The van der Waals surface area contributed by atoms with Crippen molar-refractivity contribution >= 4 is 46.3 Å². The summed E-state index contributed by atoms with van der Waals surface area (Å²) in [6.45, 7) is 1.58. The van der Waals surface area contributed by atoms with E-state index in [2.05, 4.69) is 25.3 Å². The lowest BCUT2D eigenvalue weighted by Gasteiger charge is -2.19. The number of aromatic hydroxyl groups is 1. The Labute approximate surface area is 196 Å². The Morgan fingerprint density at radius 2 is 2.03 bits per heavy atom. The van der Waals surface area contributed by atoms with Crippen molar-refractivity contribution in [1.29, 1.82) is 0 Å². The van der Waals surface area contributed by atoms with Crippen LogP contribution in [-0.4, -0.2) is 58.9 Å². The summed E-state index contributed by atoms with van der Waals surface area (Å²) in [5, 5.41) is 14.6. The topological polar surface area (TPSA) is 116 Å². The number of hydrogen-bond acceptors (Lipinski definition) is 7. The van der Waals surface area contributed by atoms with Gasteiger partial charge in [0.1, 0.15) is 23.5 Å². The van der Waals surface area contributed by atoms with E-state index >= 15 is 0 Å². The molecule has 0 fully saturated rings. The van der Waals surface area contributed by atoms with Crippen molar-refractivity contribution in [2.45, 2.75) is 32.1 Å². The average molecular weight is 471 g/mol. The lowest BCUT2D eigenvalue weighted by molar-refractivity contribution is -0.121. The molecule has 3 aromatic rings. The molecule has 0 unspecified atom stereocenters. The molecule has 1 aliphatic heterocycles. The molecular formula is C23H27ClN6O3. The van der Waals surface area contributed by atoms with Crippen molar-refractivity contribution in [3.8, 4) is 11.6 Å². The molecule has 10 heteroatoms. The summed E-state index contributed by atoms with van der Waals surface area (Å²) in [6.07, 6.45) is 7.17. The van der Waals surface area contributed by atoms with Gasteiger partial charge >= 0.3 is 0 Å². The molecule has 3 N–H and O–H groups in total. The van der Waals surface area contributed by atoms with Gasteiger partial charge in [-0.05, 0) is 25.0 Å². The molecule has 0 saturated heterocycles. The minimum Gasteiger partial charge on any atom is -0.494 e. The van der Waals surface area contributed by atoms with Gasteiger partial charge in [-0.3, -0.25) is 9.79 Å². The second-order valence-corrected chi connectivity index (χ2v) is 8.37. The zero-order valence-electron chi connectivity index (χ0n) is 18.5. The summed E-state index contributed by atoms with van der Waals surface area (Å²) < 4.78 is 5.85. The van der Waals surface area contributed by atoms with Crippen LogP contribution in [0.2, 0.25) is 5.02 Å². The Bertz CT molecular complexity index is 1160. The molecule has 0 spiro atoms. The fraction of sp³-hybridized carbons (Fsp3) is 0.391. The fourth-order valence-corrected chi connectivity index (χ4v) is 3.91. The number of benzene rings is 1. The molecular weight excluding hydrogens is 444 g/mol. The molecule has 4 rings (SSSR count). The van der Waals surface area contributed by atoms with Crippen molar-refractivity contribution in [1.82, 2.24) is 20.3 Å². The molecule has 0 radical (unpaired) electrons. The Morgan fingerprint density at radius 1 is 1.18 bits per heavy atom. The Kier molecular flexibility index (Phi) is 7.29. The number of fused-ring (bicyclic) bond motifs is 2. The Hall–Kier alpha value is -3.33. The molecule has 174 valence electrons. The van der Waals surface area contributed by atoms with E-state index in [4.69, 9.17) is 16.3 Å². The molecule has 2 bridgehead atoms. The van der Waals surface area contributed by atoms with E-state index in [9.17, 15) is 9.90 Å². The number of aliphatic imine (C=N–C) groups is 1. The van der Waals surface area contributed by atoms with Gasteiger partial charge in [0.15, 0.2) is 5.88 Å². The van der Waals surface area contributed by atoms with Crippen LogP contribution in [0, 0.1) is 0 Å². The molecule has 3 heterocycles. The molecule has 0 atom stereocenters. The van der Waals surface area contributed by atoms with Crippen molar-refractivity contribution in [3.05, 3.63) is 35.1 Å². The molecule has 1 aliphatic rings. The fourth-order valence-electron chi connectivity index (χ4n) is 3.73. The minimum atomic E-state index is -0.0511. The number of aromatic amines is 1. The highest BCUT2D eigenvalue weighted by Gasteiger charge is 2.18. The number of likely N-dealkylation sites (N-methyl/N-ethyl adjacent to an activating group) is 1. The SMILES string of the molecule is CN1CCNC(=O)CCCCCCOc2cc(ccc2Cl)N=Cc2c(O)[nH]c3ncnc1c23. The number of ether oxygens (including phenoxy) is 1. The van der Waals surface area contributed by atoms with Crippen LogP contribution in [0.3, 0.4) is 0 Å². The van der Waals surface area contributed by atoms with Gasteiger partial charge < -0.3 is 25.0 Å². The highest BCUT2D eigenvalue weighted by atomic mass is 35.5. The van der Waals surface area contributed by atoms with Crippen LogP contribution >= 0.6 is 11.6 Å². The average Bonchev–Trinajstić information content (AvgIpc) is 3.12. The van der Waals surface area contributed by atoms with E-state index in [0.717, 1.165) is 25.7 Å². The summed E-state index contributed by atoms with van der Waals surface area (Å²) in [6, 6.07) is 5.30. The first-order valence-corrected chi connectivity index (χ1v) is 11.4. The number of nitrogens with one attached hydrogen (secondary N) is 2. The maximum absolute atomic E-state index is 12.1. The van der Waals surface area contributed by atoms with E-state index in [1.165, 1.54) is 6.33 Å². The van der Waals surface area contributed by atoms with Gasteiger partial charge in [-0.1, -0.05) is 24.4 Å². The zero-order valence-corrected chi connectivity index (χ0v) is 19.2. The maximum atomic E-state index is 12.1. The van der Waals surface area contributed by atoms with Crippen LogP contribution < -0.4 is 15.0 Å². The third kappa shape index (κ3) is 5.54. The number of carbonyl (C=O) groups excluding carboxylic acids is 1. The van der Waals surface area contributed by atoms with E-state index in [0.29, 0.717) is 65.0 Å². The zero-order chi connectivity index (χ0) is 23.2. The van der Waals surface area contributed by atoms with Crippen LogP contribution in [-0.2, 0) is 4.79 Å². The van der Waals surface area contributed by atoms with Crippen LogP contribution in [0.4, 0.5) is 11.5 Å². The third-order valence-electron chi connectivity index (χ3n) is 5.53.